The van der Waals surface area contributed by atoms with Crippen molar-refractivity contribution >= 4 is 47.3 Å². The molecular formula is C45H53BN4O10S. The number of nitrogens with one attached hydrogen (secondary N) is 2. The average Bonchev–Trinajstić information content (AvgIpc) is 3.84. The molecule has 8 rings (SSSR count). The van der Waals surface area contributed by atoms with Crippen LogP contribution in [0.3, 0.4) is 0 Å². The Morgan fingerprint density at radius 3 is 2.48 bits per heavy atom. The van der Waals surface area contributed by atoms with Gasteiger partial charge in [0.25, 0.3) is 5.91 Å². The molecule has 2 N–H and O–H groups in total. The summed E-state index contributed by atoms with van der Waals surface area (Å²) in [5.41, 5.74) is 0.893. The van der Waals surface area contributed by atoms with E-state index in [9.17, 15) is 19.2 Å². The van der Waals surface area contributed by atoms with Crippen molar-refractivity contribution in [3.63, 3.8) is 0 Å². The third-order valence-corrected chi connectivity index (χ3v) is 13.0. The summed E-state index contributed by atoms with van der Waals surface area (Å²) < 4.78 is 36.0. The van der Waals surface area contributed by atoms with Crippen molar-refractivity contribution in [2.45, 2.75) is 103 Å². The molecule has 0 radical (unpaired) electrons. The fourth-order valence-electron chi connectivity index (χ4n) is 9.02. The summed E-state index contributed by atoms with van der Waals surface area (Å²) in [4.78, 5) is 63.7. The monoisotopic (exact) mass is 852 g/mol. The number of hydrogen-bond donors (Lipinski definition) is 2. The number of methoxy groups -OCH3 is 2. The molecule has 6 atom stereocenters. The lowest BCUT2D eigenvalue weighted by molar-refractivity contribution is -0.199. The van der Waals surface area contributed by atoms with Gasteiger partial charge in [-0.1, -0.05) is 56.3 Å². The van der Waals surface area contributed by atoms with Crippen molar-refractivity contribution in [2.75, 3.05) is 19.5 Å². The van der Waals surface area contributed by atoms with Crippen LogP contribution in [-0.2, 0) is 36.6 Å². The number of aromatic nitrogens is 2. The molecule has 3 aliphatic carbocycles. The number of para-hydroxylation sites is 1. The maximum Gasteiger partial charge on any atom is 0.461 e. The van der Waals surface area contributed by atoms with Crippen molar-refractivity contribution in [2.24, 2.45) is 17.3 Å². The van der Waals surface area contributed by atoms with Gasteiger partial charge in [-0.25, -0.2) is 19.6 Å². The minimum atomic E-state index is -1.26. The van der Waals surface area contributed by atoms with Gasteiger partial charge in [0.15, 0.2) is 10.9 Å². The number of rotatable bonds is 15. The number of Topliss-reactive ketones (excluding diaryl/α,β-unsaturated/α-hetero) is 1. The van der Waals surface area contributed by atoms with E-state index in [0.717, 1.165) is 29.7 Å². The van der Waals surface area contributed by atoms with Crippen LogP contribution in [0.25, 0.3) is 0 Å². The van der Waals surface area contributed by atoms with E-state index in [-0.39, 0.29) is 70.5 Å². The normalized spacial score (nSPS) is 22.2. The lowest BCUT2D eigenvalue weighted by Gasteiger charge is -2.64. The molecule has 1 saturated heterocycles. The van der Waals surface area contributed by atoms with Gasteiger partial charge in [-0.05, 0) is 87.5 Å². The summed E-state index contributed by atoms with van der Waals surface area (Å²) in [5, 5.41) is 7.31. The Labute approximate surface area is 360 Å². The van der Waals surface area contributed by atoms with Crippen molar-refractivity contribution in [1.82, 2.24) is 15.3 Å². The minimum absolute atomic E-state index is 0.0500. The first-order chi connectivity index (χ1) is 29.0. The van der Waals surface area contributed by atoms with Crippen LogP contribution in [0.5, 0.6) is 11.6 Å². The van der Waals surface area contributed by atoms with Crippen molar-refractivity contribution in [3.8, 4) is 11.6 Å². The second-order valence-corrected chi connectivity index (χ2v) is 18.6. The number of anilines is 1. The fourth-order valence-corrected chi connectivity index (χ4v) is 9.75. The number of nitrogens with zero attached hydrogens (tertiary/aromatic N) is 2. The standard InChI is InChI=1S/C45H53BN4O10S/c1-43(2,3)58-40(53)31-16-12-15-27(38(31)56-8)19-30(46-59-35-22-29-21-34(44(29,4)5)45(35,6)60-46)23-33(51)37(49-39(52)28-17-18-47-36(20-28)55-7)32-25-61-41(48-32)50-42(54)57-24-26-13-10-9-11-14-26/h9-18,20,25,29-30,34-35,37H,19,21-24H2,1-8H3,(H,49,52)(H,48,50,54)/t29-,30+,34-,35?,37?,45-/m0/s1. The van der Waals surface area contributed by atoms with E-state index in [1.54, 1.807) is 38.3 Å². The Bertz CT molecular complexity index is 2260. The zero-order valence-corrected chi connectivity index (χ0v) is 36.6. The van der Waals surface area contributed by atoms with Crippen LogP contribution in [0.2, 0.25) is 5.82 Å². The number of ether oxygens (including phenoxy) is 4. The maximum atomic E-state index is 14.9. The third kappa shape index (κ3) is 9.46. The van der Waals surface area contributed by atoms with Crippen molar-refractivity contribution in [1.29, 1.82) is 0 Å². The highest BCUT2D eigenvalue weighted by atomic mass is 32.1. The molecule has 2 unspecified atom stereocenters. The van der Waals surface area contributed by atoms with Gasteiger partial charge >= 0.3 is 19.2 Å². The average molecular weight is 853 g/mol. The number of amides is 2. The smallest absolute Gasteiger partial charge is 0.461 e. The Kier molecular flexibility index (Phi) is 12.6. The van der Waals surface area contributed by atoms with E-state index in [1.807, 2.05) is 36.4 Å². The van der Waals surface area contributed by atoms with Gasteiger partial charge in [-0.3, -0.25) is 14.9 Å². The van der Waals surface area contributed by atoms with Crippen LogP contribution in [-0.4, -0.2) is 72.4 Å². The number of thiazole rings is 1. The fraction of sp³-hybridized carbons (Fsp3) is 0.467. The first-order valence-electron chi connectivity index (χ1n) is 20.5. The van der Waals surface area contributed by atoms with Crippen LogP contribution in [0, 0.1) is 17.3 Å². The summed E-state index contributed by atoms with van der Waals surface area (Å²) in [7, 11) is 2.12. The number of esters is 1. The Morgan fingerprint density at radius 2 is 1.77 bits per heavy atom. The van der Waals surface area contributed by atoms with Crippen molar-refractivity contribution in [3.05, 3.63) is 100 Å². The quantitative estimate of drug-likeness (QED) is 0.0872. The summed E-state index contributed by atoms with van der Waals surface area (Å²) >= 11 is 1.09. The van der Waals surface area contributed by atoms with Gasteiger partial charge < -0.3 is 33.6 Å². The maximum absolute atomic E-state index is 14.9. The van der Waals surface area contributed by atoms with Gasteiger partial charge in [0.1, 0.15) is 29.6 Å². The molecule has 61 heavy (non-hydrogen) atoms. The number of carbonyl (C=O) groups excluding carboxylic acids is 4. The third-order valence-electron chi connectivity index (χ3n) is 12.3. The van der Waals surface area contributed by atoms with Crippen LogP contribution < -0.4 is 20.1 Å². The Hall–Kier alpha value is -5.32. The van der Waals surface area contributed by atoms with Gasteiger partial charge in [0, 0.05) is 35.4 Å². The first kappa shape index (κ1) is 43.8. The summed E-state index contributed by atoms with van der Waals surface area (Å²) in [6.45, 7) is 12.1. The molecule has 14 nitrogen and oxygen atoms in total. The lowest BCUT2D eigenvalue weighted by atomic mass is 9.43. The lowest BCUT2D eigenvalue weighted by Crippen LogP contribution is -2.65. The molecule has 4 aromatic rings. The van der Waals surface area contributed by atoms with E-state index in [1.165, 1.54) is 32.5 Å². The second-order valence-electron chi connectivity index (χ2n) is 17.7. The van der Waals surface area contributed by atoms with Crippen LogP contribution in [0.4, 0.5) is 9.93 Å². The minimum Gasteiger partial charge on any atom is -0.496 e. The molecule has 4 fully saturated rings. The number of hydrogen-bond acceptors (Lipinski definition) is 13. The number of carbonyl (C=O) groups is 4. The predicted octanol–water partition coefficient (Wildman–Crippen LogP) is 8.03. The van der Waals surface area contributed by atoms with Gasteiger partial charge in [-0.2, -0.15) is 0 Å². The van der Waals surface area contributed by atoms with E-state index in [4.69, 9.17) is 28.3 Å². The van der Waals surface area contributed by atoms with Gasteiger partial charge in [0.05, 0.1) is 31.6 Å². The first-order valence-corrected chi connectivity index (χ1v) is 21.4. The highest BCUT2D eigenvalue weighted by molar-refractivity contribution is 7.13. The highest BCUT2D eigenvalue weighted by Crippen LogP contribution is 2.66. The van der Waals surface area contributed by atoms with Crippen LogP contribution in [0.15, 0.2) is 72.2 Å². The van der Waals surface area contributed by atoms with Crippen LogP contribution in [0.1, 0.15) is 104 Å². The molecule has 3 heterocycles. The Balaban J connectivity index is 1.19. The zero-order chi connectivity index (χ0) is 43.7. The molecule has 2 amide bonds. The summed E-state index contributed by atoms with van der Waals surface area (Å²) in [5.74, 6) is -0.798. The summed E-state index contributed by atoms with van der Waals surface area (Å²) in [6.07, 6.45) is 2.50. The molecule has 3 saturated carbocycles. The number of benzene rings is 2. The molecule has 322 valence electrons. The zero-order valence-electron chi connectivity index (χ0n) is 35.8. The Morgan fingerprint density at radius 1 is 1.00 bits per heavy atom. The number of ketones is 1. The molecule has 2 aromatic carbocycles. The predicted molar refractivity (Wildman–Crippen MR) is 229 cm³/mol. The van der Waals surface area contributed by atoms with Crippen molar-refractivity contribution < 1.29 is 47.4 Å². The topological polar surface area (TPSA) is 174 Å². The molecule has 16 heteroatoms. The van der Waals surface area contributed by atoms with E-state index in [0.29, 0.717) is 17.2 Å². The highest BCUT2D eigenvalue weighted by Gasteiger charge is 2.68. The SMILES string of the molecule is COc1cc(C(=O)NC(C(=O)C[C@@H](Cc2cccc(C(=O)OC(C)(C)C)c2OC)B2OC3C[C@@H]4C[C@@H](C4(C)C)[C@]3(C)O2)c2csc(NC(=O)OCc3ccccc3)n2)ccn1. The largest absolute Gasteiger partial charge is 0.496 e. The van der Waals surface area contributed by atoms with E-state index >= 15 is 0 Å². The summed E-state index contributed by atoms with van der Waals surface area (Å²) in [6, 6.07) is 16.2. The molecule has 4 aliphatic rings. The van der Waals surface area contributed by atoms with Crippen LogP contribution >= 0.6 is 11.3 Å². The molecular weight excluding hydrogens is 799 g/mol. The molecule has 2 aromatic heterocycles. The molecule has 2 bridgehead atoms. The molecule has 1 aliphatic heterocycles. The van der Waals surface area contributed by atoms with E-state index < -0.39 is 48.1 Å². The van der Waals surface area contributed by atoms with Gasteiger partial charge in [-0.15, -0.1) is 11.3 Å². The second kappa shape index (κ2) is 17.6. The molecule has 0 spiro atoms. The van der Waals surface area contributed by atoms with E-state index in [2.05, 4.69) is 41.4 Å². The number of pyridine rings is 1. The van der Waals surface area contributed by atoms with Gasteiger partial charge in [0.2, 0.25) is 5.88 Å².